The van der Waals surface area contributed by atoms with Crippen LogP contribution in [-0.4, -0.2) is 33.7 Å². The third-order valence-corrected chi connectivity index (χ3v) is 3.55. The molecule has 0 aromatic heterocycles. The van der Waals surface area contributed by atoms with Gasteiger partial charge >= 0.3 is 0 Å². The normalized spacial score (nSPS) is 11.2. The molecule has 0 saturated carbocycles. The summed E-state index contributed by atoms with van der Waals surface area (Å²) in [6.07, 6.45) is 2.15. The fraction of sp³-hybridized carbons (Fsp3) is 0.417. The molecule has 0 atom stereocenters. The lowest BCUT2D eigenvalue weighted by Crippen LogP contribution is -2.27. The van der Waals surface area contributed by atoms with Gasteiger partial charge in [0.15, 0.2) is 9.84 Å². The molecule has 1 aromatic rings. The fourth-order valence-corrected chi connectivity index (χ4v) is 2.06. The van der Waals surface area contributed by atoms with Gasteiger partial charge in [-0.05, 0) is 30.7 Å². The van der Waals surface area contributed by atoms with Gasteiger partial charge < -0.3 is 11.1 Å². The number of rotatable bonds is 6. The molecule has 3 N–H and O–H groups in total. The Balaban J connectivity index is 2.56. The molecular weight excluding hydrogens is 252 g/mol. The molecule has 6 heteroatoms. The topological polar surface area (TPSA) is 89.3 Å². The molecule has 1 rings (SSSR count). The van der Waals surface area contributed by atoms with Gasteiger partial charge in [0, 0.05) is 12.8 Å². The summed E-state index contributed by atoms with van der Waals surface area (Å²) in [5, 5.41) is 2.74. The Bertz CT molecular complexity index is 495. The molecule has 18 heavy (non-hydrogen) atoms. The van der Waals surface area contributed by atoms with Crippen LogP contribution < -0.4 is 11.1 Å². The second kappa shape index (κ2) is 6.51. The van der Waals surface area contributed by atoms with Gasteiger partial charge in [-0.1, -0.05) is 12.1 Å². The van der Waals surface area contributed by atoms with Crippen molar-refractivity contribution in [3.8, 4) is 0 Å². The molecule has 0 radical (unpaired) electrons. The minimum Gasteiger partial charge on any atom is -0.356 e. The molecule has 0 unspecified atom stereocenters. The summed E-state index contributed by atoms with van der Waals surface area (Å²) in [6, 6.07) is 6.33. The second-order valence-electron chi connectivity index (χ2n) is 4.09. The lowest BCUT2D eigenvalue weighted by atomic mass is 10.1. The van der Waals surface area contributed by atoms with E-state index < -0.39 is 9.84 Å². The van der Waals surface area contributed by atoms with Crippen molar-refractivity contribution in [2.75, 3.05) is 19.3 Å². The van der Waals surface area contributed by atoms with Crippen molar-refractivity contribution >= 4 is 15.7 Å². The zero-order chi connectivity index (χ0) is 13.6. The van der Waals surface area contributed by atoms with Gasteiger partial charge in [-0.2, -0.15) is 0 Å². The van der Waals surface area contributed by atoms with Crippen LogP contribution in [0.25, 0.3) is 0 Å². The van der Waals surface area contributed by atoms with E-state index in [0.717, 1.165) is 18.2 Å². The van der Waals surface area contributed by atoms with E-state index in [1.807, 2.05) is 0 Å². The van der Waals surface area contributed by atoms with Gasteiger partial charge in [-0.15, -0.1) is 0 Å². The molecule has 0 heterocycles. The number of nitrogens with two attached hydrogens (primary N) is 1. The van der Waals surface area contributed by atoms with E-state index in [1.165, 1.54) is 12.1 Å². The van der Waals surface area contributed by atoms with E-state index in [1.54, 1.807) is 12.1 Å². The first-order valence-electron chi connectivity index (χ1n) is 5.69. The molecule has 0 aliphatic carbocycles. The van der Waals surface area contributed by atoms with Crippen molar-refractivity contribution in [1.29, 1.82) is 0 Å². The summed E-state index contributed by atoms with van der Waals surface area (Å²) in [5.74, 6) is -0.0874. The Morgan fingerprint density at radius 3 is 2.39 bits per heavy atom. The predicted octanol–water partition coefficient (Wildman–Crippen LogP) is 0.0976. The molecule has 0 aliphatic heterocycles. The second-order valence-corrected chi connectivity index (χ2v) is 6.10. The molecule has 1 aromatic carbocycles. The van der Waals surface area contributed by atoms with Crippen molar-refractivity contribution in [3.63, 3.8) is 0 Å². The van der Waals surface area contributed by atoms with Crippen LogP contribution in [0, 0.1) is 0 Å². The zero-order valence-electron chi connectivity index (χ0n) is 10.3. The maximum atomic E-state index is 11.5. The van der Waals surface area contributed by atoms with E-state index in [0.29, 0.717) is 13.1 Å². The van der Waals surface area contributed by atoms with Crippen LogP contribution >= 0.6 is 0 Å². The molecule has 0 bridgehead atoms. The van der Waals surface area contributed by atoms with Crippen LogP contribution in [0.4, 0.5) is 0 Å². The van der Waals surface area contributed by atoms with Gasteiger partial charge in [0.1, 0.15) is 0 Å². The number of amides is 1. The van der Waals surface area contributed by atoms with Crippen molar-refractivity contribution < 1.29 is 13.2 Å². The highest BCUT2D eigenvalue weighted by molar-refractivity contribution is 7.90. The van der Waals surface area contributed by atoms with Gasteiger partial charge in [-0.25, -0.2) is 8.42 Å². The van der Waals surface area contributed by atoms with Gasteiger partial charge in [0.05, 0.1) is 11.3 Å². The summed E-state index contributed by atoms with van der Waals surface area (Å²) in [7, 11) is -3.18. The Hall–Kier alpha value is -1.40. The average Bonchev–Trinajstić information content (AvgIpc) is 2.29. The van der Waals surface area contributed by atoms with E-state index in [2.05, 4.69) is 5.32 Å². The lowest BCUT2D eigenvalue weighted by Gasteiger charge is -2.05. The summed E-state index contributed by atoms with van der Waals surface area (Å²) >= 11 is 0. The first kappa shape index (κ1) is 14.7. The summed E-state index contributed by atoms with van der Waals surface area (Å²) in [5.41, 5.74) is 6.10. The van der Waals surface area contributed by atoms with Gasteiger partial charge in [0.2, 0.25) is 5.91 Å². The standard InChI is InChI=1S/C12H18N2O3S/c1-18(16,17)11-5-3-10(4-6-11)9-12(15)14-8-2-7-13/h3-6H,2,7-9,13H2,1H3,(H,14,15). The zero-order valence-corrected chi connectivity index (χ0v) is 11.2. The molecule has 0 saturated heterocycles. The fourth-order valence-electron chi connectivity index (χ4n) is 1.43. The highest BCUT2D eigenvalue weighted by Gasteiger charge is 2.07. The summed E-state index contributed by atoms with van der Waals surface area (Å²) in [6.45, 7) is 1.11. The molecule has 0 spiro atoms. The van der Waals surface area contributed by atoms with Crippen molar-refractivity contribution in [2.24, 2.45) is 5.73 Å². The average molecular weight is 270 g/mol. The molecule has 5 nitrogen and oxygen atoms in total. The lowest BCUT2D eigenvalue weighted by molar-refractivity contribution is -0.120. The first-order chi connectivity index (χ1) is 8.43. The third-order valence-electron chi connectivity index (χ3n) is 2.42. The van der Waals surface area contributed by atoms with Gasteiger partial charge in [-0.3, -0.25) is 4.79 Å². The number of hydrogen-bond acceptors (Lipinski definition) is 4. The molecule has 100 valence electrons. The highest BCUT2D eigenvalue weighted by atomic mass is 32.2. The van der Waals surface area contributed by atoms with Crippen LogP contribution in [0.2, 0.25) is 0 Å². The summed E-state index contributed by atoms with van der Waals surface area (Å²) < 4.78 is 22.5. The SMILES string of the molecule is CS(=O)(=O)c1ccc(CC(=O)NCCCN)cc1. The van der Waals surface area contributed by atoms with E-state index in [-0.39, 0.29) is 17.2 Å². The maximum Gasteiger partial charge on any atom is 0.224 e. The maximum absolute atomic E-state index is 11.5. The van der Waals surface area contributed by atoms with Crippen LogP contribution in [0.5, 0.6) is 0 Å². The van der Waals surface area contributed by atoms with Crippen LogP contribution in [0.15, 0.2) is 29.2 Å². The van der Waals surface area contributed by atoms with Gasteiger partial charge in [0.25, 0.3) is 0 Å². The Kier molecular flexibility index (Phi) is 5.30. The quantitative estimate of drug-likeness (QED) is 0.717. The highest BCUT2D eigenvalue weighted by Crippen LogP contribution is 2.10. The van der Waals surface area contributed by atoms with Crippen LogP contribution in [-0.2, 0) is 21.1 Å². The third kappa shape index (κ3) is 4.85. The molecule has 1 amide bonds. The monoisotopic (exact) mass is 270 g/mol. The smallest absolute Gasteiger partial charge is 0.224 e. The minimum absolute atomic E-state index is 0.0874. The number of sulfone groups is 1. The predicted molar refractivity (Wildman–Crippen MR) is 69.9 cm³/mol. The van der Waals surface area contributed by atoms with E-state index in [9.17, 15) is 13.2 Å². The minimum atomic E-state index is -3.18. The van der Waals surface area contributed by atoms with Crippen LogP contribution in [0.1, 0.15) is 12.0 Å². The number of nitrogens with one attached hydrogen (secondary N) is 1. The van der Waals surface area contributed by atoms with E-state index >= 15 is 0 Å². The Labute approximate surface area is 107 Å². The Morgan fingerprint density at radius 2 is 1.89 bits per heavy atom. The number of carbonyl (C=O) groups excluding carboxylic acids is 1. The van der Waals surface area contributed by atoms with Crippen molar-refractivity contribution in [3.05, 3.63) is 29.8 Å². The summed E-state index contributed by atoms with van der Waals surface area (Å²) in [4.78, 5) is 11.8. The molecule has 0 aliphatic rings. The number of carbonyl (C=O) groups is 1. The van der Waals surface area contributed by atoms with E-state index in [4.69, 9.17) is 5.73 Å². The number of benzene rings is 1. The van der Waals surface area contributed by atoms with Crippen molar-refractivity contribution in [2.45, 2.75) is 17.7 Å². The number of hydrogen-bond donors (Lipinski definition) is 2. The first-order valence-corrected chi connectivity index (χ1v) is 7.58. The Morgan fingerprint density at radius 1 is 1.28 bits per heavy atom. The molecular formula is C12H18N2O3S. The largest absolute Gasteiger partial charge is 0.356 e. The van der Waals surface area contributed by atoms with Crippen LogP contribution in [0.3, 0.4) is 0 Å². The molecule has 0 fully saturated rings. The van der Waals surface area contributed by atoms with Crippen molar-refractivity contribution in [1.82, 2.24) is 5.32 Å².